The number of imidazole rings is 1. The Labute approximate surface area is 255 Å². The number of nitrogens with zero attached hydrogens (tertiary/aromatic N) is 7. The molecular formula is C33H37FN8O2. The average Bonchev–Trinajstić information content (AvgIpc) is 3.68. The fraction of sp³-hybridized carbons (Fsp3) is 0.394. The number of aromatic nitrogens is 5. The van der Waals surface area contributed by atoms with Crippen LogP contribution in [0.2, 0.25) is 0 Å². The highest BCUT2D eigenvalue weighted by Gasteiger charge is 2.31. The first-order valence-corrected chi connectivity index (χ1v) is 15.4. The van der Waals surface area contributed by atoms with Crippen LogP contribution in [0, 0.1) is 5.82 Å². The quantitative estimate of drug-likeness (QED) is 0.248. The molecule has 1 saturated heterocycles. The lowest BCUT2D eigenvalue weighted by molar-refractivity contribution is 0.0971. The Morgan fingerprint density at radius 2 is 1.91 bits per heavy atom. The predicted molar refractivity (Wildman–Crippen MR) is 167 cm³/mol. The summed E-state index contributed by atoms with van der Waals surface area (Å²) in [5, 5.41) is 8.97. The van der Waals surface area contributed by atoms with E-state index in [0.717, 1.165) is 67.9 Å². The van der Waals surface area contributed by atoms with Gasteiger partial charge in [0, 0.05) is 62.3 Å². The van der Waals surface area contributed by atoms with E-state index < -0.39 is 0 Å². The van der Waals surface area contributed by atoms with Gasteiger partial charge in [0.2, 0.25) is 0 Å². The molecule has 11 heteroatoms. The van der Waals surface area contributed by atoms with Gasteiger partial charge in [-0.2, -0.15) is 5.10 Å². The van der Waals surface area contributed by atoms with Crippen LogP contribution in [0.25, 0.3) is 16.6 Å². The third kappa shape index (κ3) is 5.89. The fourth-order valence-electron chi connectivity index (χ4n) is 5.98. The second kappa shape index (κ2) is 12.0. The van der Waals surface area contributed by atoms with Crippen molar-refractivity contribution in [1.29, 1.82) is 0 Å². The van der Waals surface area contributed by atoms with Crippen molar-refractivity contribution in [2.24, 2.45) is 0 Å². The van der Waals surface area contributed by atoms with Gasteiger partial charge < -0.3 is 10.1 Å². The number of halogens is 1. The minimum atomic E-state index is -0.370. The predicted octanol–water partition coefficient (Wildman–Crippen LogP) is 4.80. The molecule has 0 atom stereocenters. The number of nitrogens with one attached hydrogen (secondary N) is 1. The minimum Gasteiger partial charge on any atom is -0.492 e. The third-order valence-corrected chi connectivity index (χ3v) is 8.65. The van der Waals surface area contributed by atoms with Gasteiger partial charge in [-0.05, 0) is 57.0 Å². The number of pyridine rings is 2. The summed E-state index contributed by atoms with van der Waals surface area (Å²) in [4.78, 5) is 27.2. The van der Waals surface area contributed by atoms with Gasteiger partial charge in [-0.25, -0.2) is 9.37 Å². The summed E-state index contributed by atoms with van der Waals surface area (Å²) in [5.41, 5.74) is 4.37. The summed E-state index contributed by atoms with van der Waals surface area (Å²) in [5.74, 6) is 0.466. The Hall–Kier alpha value is -4.35. The van der Waals surface area contributed by atoms with Crippen molar-refractivity contribution in [2.45, 2.75) is 45.2 Å². The Morgan fingerprint density at radius 1 is 1.07 bits per heavy atom. The second-order valence-corrected chi connectivity index (χ2v) is 12.0. The third-order valence-electron chi connectivity index (χ3n) is 8.65. The first kappa shape index (κ1) is 28.4. The molecule has 1 N–H and O–H groups in total. The zero-order valence-electron chi connectivity index (χ0n) is 25.1. The number of carbonyl (C=O) groups excluding carboxylic acids is 1. The van der Waals surface area contributed by atoms with Gasteiger partial charge in [-0.15, -0.1) is 0 Å². The lowest BCUT2D eigenvalue weighted by Crippen LogP contribution is -2.49. The van der Waals surface area contributed by atoms with E-state index in [9.17, 15) is 9.18 Å². The highest BCUT2D eigenvalue weighted by molar-refractivity contribution is 6.09. The summed E-state index contributed by atoms with van der Waals surface area (Å²) in [6.07, 6.45) is 6.77. The number of benzene rings is 1. The molecule has 0 unspecified atom stereocenters. The van der Waals surface area contributed by atoms with Gasteiger partial charge in [0.05, 0.1) is 41.5 Å². The number of fused-ring (bicyclic) bond motifs is 2. The summed E-state index contributed by atoms with van der Waals surface area (Å²) in [7, 11) is 0. The zero-order chi connectivity index (χ0) is 30.2. The van der Waals surface area contributed by atoms with E-state index >= 15 is 0 Å². The standard InChI is InChI=1S/C33H37FN8O2/c1-22(2)40-14-12-39(13-15-40)16-17-44-26-10-11-41-29(20-36-30(41)18-26)33(43)37-27-4-3-5-28-31(27)32(23-6-7-23)38-42(28)21-25-9-8-24(34)19-35-25/h3-5,8-11,18-20,22-23H,6-7,12-17,21H2,1-2H3,(H,37,43). The molecule has 44 heavy (non-hydrogen) atoms. The summed E-state index contributed by atoms with van der Waals surface area (Å²) < 4.78 is 23.1. The number of carbonyl (C=O) groups is 1. The highest BCUT2D eigenvalue weighted by atomic mass is 19.1. The molecule has 1 amide bonds. The molecule has 2 aliphatic rings. The van der Waals surface area contributed by atoms with Crippen LogP contribution in [0.4, 0.5) is 10.1 Å². The molecule has 1 aliphatic carbocycles. The molecule has 5 aromatic rings. The van der Waals surface area contributed by atoms with Gasteiger partial charge in [0.25, 0.3) is 5.91 Å². The molecule has 1 aliphatic heterocycles. The summed E-state index contributed by atoms with van der Waals surface area (Å²) in [6, 6.07) is 13.2. The van der Waals surface area contributed by atoms with Crippen LogP contribution >= 0.6 is 0 Å². The molecule has 1 saturated carbocycles. The van der Waals surface area contributed by atoms with E-state index in [1.807, 2.05) is 41.2 Å². The first-order chi connectivity index (χ1) is 21.4. The van der Waals surface area contributed by atoms with E-state index in [0.29, 0.717) is 47.8 Å². The van der Waals surface area contributed by atoms with Gasteiger partial charge in [0.1, 0.15) is 29.5 Å². The molecular weight excluding hydrogens is 559 g/mol. The van der Waals surface area contributed by atoms with Crippen molar-refractivity contribution in [3.63, 3.8) is 0 Å². The van der Waals surface area contributed by atoms with Crippen molar-refractivity contribution in [3.05, 3.63) is 84.0 Å². The molecule has 2 fully saturated rings. The van der Waals surface area contributed by atoms with Crippen molar-refractivity contribution in [1.82, 2.24) is 33.9 Å². The van der Waals surface area contributed by atoms with Gasteiger partial charge >= 0.3 is 0 Å². The number of hydrogen-bond acceptors (Lipinski definition) is 7. The zero-order valence-corrected chi connectivity index (χ0v) is 25.1. The Kier molecular flexibility index (Phi) is 7.73. The molecule has 7 rings (SSSR count). The van der Waals surface area contributed by atoms with Crippen molar-refractivity contribution in [2.75, 3.05) is 44.6 Å². The number of amides is 1. The van der Waals surface area contributed by atoms with Gasteiger partial charge in [-0.3, -0.25) is 28.7 Å². The van der Waals surface area contributed by atoms with Crippen LogP contribution in [0.5, 0.6) is 5.75 Å². The van der Waals surface area contributed by atoms with Crippen LogP contribution in [0.1, 0.15) is 54.5 Å². The fourth-order valence-corrected chi connectivity index (χ4v) is 5.98. The molecule has 10 nitrogen and oxygen atoms in total. The SMILES string of the molecule is CC(C)N1CCN(CCOc2ccn3c(C(=O)Nc4cccc5c4c(C4CC4)nn5Cc4ccc(F)cn4)cnc3c2)CC1. The van der Waals surface area contributed by atoms with Crippen LogP contribution in [-0.4, -0.2) is 85.2 Å². The van der Waals surface area contributed by atoms with Crippen LogP contribution in [0.15, 0.2) is 61.1 Å². The van der Waals surface area contributed by atoms with Gasteiger partial charge in [0.15, 0.2) is 0 Å². The Bertz CT molecular complexity index is 1790. The van der Waals surface area contributed by atoms with E-state index in [1.165, 1.54) is 12.3 Å². The number of rotatable bonds is 10. The van der Waals surface area contributed by atoms with Crippen molar-refractivity contribution in [3.8, 4) is 5.75 Å². The number of ether oxygens (including phenoxy) is 1. The largest absolute Gasteiger partial charge is 0.492 e. The summed E-state index contributed by atoms with van der Waals surface area (Å²) >= 11 is 0. The van der Waals surface area contributed by atoms with E-state index in [4.69, 9.17) is 9.84 Å². The minimum absolute atomic E-state index is 0.256. The molecule has 228 valence electrons. The van der Waals surface area contributed by atoms with E-state index in [-0.39, 0.29) is 11.7 Å². The maximum Gasteiger partial charge on any atom is 0.274 e. The monoisotopic (exact) mass is 596 g/mol. The second-order valence-electron chi connectivity index (χ2n) is 12.0. The lowest BCUT2D eigenvalue weighted by Gasteiger charge is -2.36. The van der Waals surface area contributed by atoms with Gasteiger partial charge in [-0.1, -0.05) is 6.07 Å². The number of hydrogen-bond donors (Lipinski definition) is 1. The number of piperazine rings is 1. The molecule has 1 aromatic carbocycles. The molecule has 0 radical (unpaired) electrons. The van der Waals surface area contributed by atoms with Crippen LogP contribution in [-0.2, 0) is 6.54 Å². The normalized spacial score (nSPS) is 16.3. The van der Waals surface area contributed by atoms with Crippen molar-refractivity contribution < 1.29 is 13.9 Å². The first-order valence-electron chi connectivity index (χ1n) is 15.4. The maximum atomic E-state index is 13.6. The molecule has 5 heterocycles. The Balaban J connectivity index is 1.05. The van der Waals surface area contributed by atoms with E-state index in [2.05, 4.69) is 38.9 Å². The van der Waals surface area contributed by atoms with Crippen LogP contribution < -0.4 is 10.1 Å². The molecule has 0 bridgehead atoms. The Morgan fingerprint density at radius 3 is 2.66 bits per heavy atom. The lowest BCUT2D eigenvalue weighted by atomic mass is 10.1. The van der Waals surface area contributed by atoms with E-state index in [1.54, 1.807) is 16.7 Å². The summed E-state index contributed by atoms with van der Waals surface area (Å²) in [6.45, 7) is 10.7. The molecule has 4 aromatic heterocycles. The average molecular weight is 597 g/mol. The number of anilines is 1. The topological polar surface area (TPSA) is 92.8 Å². The highest BCUT2D eigenvalue weighted by Crippen LogP contribution is 2.44. The maximum absolute atomic E-state index is 13.6. The molecule has 0 spiro atoms. The smallest absolute Gasteiger partial charge is 0.274 e. The van der Waals surface area contributed by atoms with Crippen molar-refractivity contribution >= 4 is 28.1 Å². The van der Waals surface area contributed by atoms with Crippen LogP contribution in [0.3, 0.4) is 0 Å².